The van der Waals surface area contributed by atoms with E-state index in [-0.39, 0.29) is 18.0 Å². The lowest BCUT2D eigenvalue weighted by Crippen LogP contribution is -2.48. The Morgan fingerprint density at radius 2 is 2.00 bits per heavy atom. The van der Waals surface area contributed by atoms with Crippen LogP contribution in [0.3, 0.4) is 0 Å². The van der Waals surface area contributed by atoms with Gasteiger partial charge in [0.25, 0.3) is 0 Å². The van der Waals surface area contributed by atoms with Crippen LogP contribution >= 0.6 is 0 Å². The van der Waals surface area contributed by atoms with Crippen LogP contribution in [0.5, 0.6) is 0 Å². The molecule has 1 fully saturated rings. The average Bonchev–Trinajstić information content (AvgIpc) is 2.23. The lowest BCUT2D eigenvalue weighted by atomic mass is 9.73. The minimum absolute atomic E-state index is 0.0514. The van der Waals surface area contributed by atoms with Crippen LogP contribution in [-0.2, 0) is 4.79 Å². The highest BCUT2D eigenvalue weighted by atomic mass is 19.4. The second kappa shape index (κ2) is 5.91. The van der Waals surface area contributed by atoms with Gasteiger partial charge in [-0.3, -0.25) is 4.79 Å². The van der Waals surface area contributed by atoms with Gasteiger partial charge in [0.2, 0.25) is 5.91 Å². The number of carbonyl (C=O) groups is 1. The molecule has 3 nitrogen and oxygen atoms in total. The first kappa shape index (κ1) is 15.3. The largest absolute Gasteiger partial charge is 0.405 e. The van der Waals surface area contributed by atoms with Gasteiger partial charge in [-0.05, 0) is 18.3 Å². The third kappa shape index (κ3) is 5.25. The van der Waals surface area contributed by atoms with Gasteiger partial charge in [0.15, 0.2) is 0 Å². The standard InChI is InChI=1S/C12H21F3N2O/c1-11(2)6-4-3-5-9(11)16-7-10(18)17-8-12(13,14)15/h9,16H,3-8H2,1-2H3,(H,17,18). The number of hydrogen-bond donors (Lipinski definition) is 2. The summed E-state index contributed by atoms with van der Waals surface area (Å²) >= 11 is 0. The van der Waals surface area contributed by atoms with E-state index >= 15 is 0 Å². The van der Waals surface area contributed by atoms with E-state index in [1.165, 1.54) is 6.42 Å². The van der Waals surface area contributed by atoms with Crippen molar-refractivity contribution >= 4 is 5.91 Å². The maximum atomic E-state index is 11.9. The van der Waals surface area contributed by atoms with E-state index in [0.717, 1.165) is 19.3 Å². The zero-order chi connectivity index (χ0) is 13.8. The highest BCUT2D eigenvalue weighted by Crippen LogP contribution is 2.35. The van der Waals surface area contributed by atoms with Crippen molar-refractivity contribution in [2.45, 2.75) is 51.7 Å². The molecular formula is C12H21F3N2O. The Morgan fingerprint density at radius 1 is 1.33 bits per heavy atom. The van der Waals surface area contributed by atoms with E-state index in [9.17, 15) is 18.0 Å². The molecule has 0 spiro atoms. The van der Waals surface area contributed by atoms with Gasteiger partial charge in [-0.25, -0.2) is 0 Å². The molecule has 1 aliphatic carbocycles. The smallest absolute Gasteiger partial charge is 0.346 e. The number of rotatable bonds is 4. The van der Waals surface area contributed by atoms with Crippen LogP contribution in [0.2, 0.25) is 0 Å². The third-order valence-corrected chi connectivity index (χ3v) is 3.50. The molecule has 0 aromatic rings. The van der Waals surface area contributed by atoms with Crippen molar-refractivity contribution in [2.75, 3.05) is 13.1 Å². The number of halogens is 3. The molecular weight excluding hydrogens is 245 g/mol. The molecule has 106 valence electrons. The van der Waals surface area contributed by atoms with E-state index in [1.807, 2.05) is 5.32 Å². The normalized spacial score (nSPS) is 23.7. The summed E-state index contributed by atoms with van der Waals surface area (Å²) in [6.07, 6.45) is -0.0229. The van der Waals surface area contributed by atoms with Crippen LogP contribution < -0.4 is 10.6 Å². The van der Waals surface area contributed by atoms with Gasteiger partial charge in [0.05, 0.1) is 6.54 Å². The Hall–Kier alpha value is -0.780. The van der Waals surface area contributed by atoms with Crippen molar-refractivity contribution in [3.8, 4) is 0 Å². The Balaban J connectivity index is 2.29. The Kier molecular flexibility index (Phi) is 5.01. The molecule has 0 saturated heterocycles. The lowest BCUT2D eigenvalue weighted by molar-refractivity contribution is -0.138. The number of hydrogen-bond acceptors (Lipinski definition) is 2. The topological polar surface area (TPSA) is 41.1 Å². The molecule has 0 aromatic carbocycles. The van der Waals surface area contributed by atoms with Gasteiger partial charge in [-0.1, -0.05) is 26.7 Å². The molecule has 1 amide bonds. The Labute approximate surface area is 106 Å². The van der Waals surface area contributed by atoms with Gasteiger partial charge in [-0.15, -0.1) is 0 Å². The van der Waals surface area contributed by atoms with Crippen molar-refractivity contribution in [2.24, 2.45) is 5.41 Å². The summed E-state index contributed by atoms with van der Waals surface area (Å²) in [4.78, 5) is 11.3. The monoisotopic (exact) mass is 266 g/mol. The Bertz CT molecular complexity index is 290. The maximum absolute atomic E-state index is 11.9. The molecule has 0 aliphatic heterocycles. The molecule has 0 heterocycles. The summed E-state index contributed by atoms with van der Waals surface area (Å²) in [6, 6.07) is 0.197. The van der Waals surface area contributed by atoms with Crippen LogP contribution in [-0.4, -0.2) is 31.2 Å². The highest BCUT2D eigenvalue weighted by Gasteiger charge is 2.32. The zero-order valence-electron chi connectivity index (χ0n) is 10.9. The highest BCUT2D eigenvalue weighted by molar-refractivity contribution is 5.78. The zero-order valence-corrected chi connectivity index (χ0v) is 10.9. The number of nitrogens with one attached hydrogen (secondary N) is 2. The maximum Gasteiger partial charge on any atom is 0.405 e. The first-order valence-electron chi connectivity index (χ1n) is 6.27. The van der Waals surface area contributed by atoms with Gasteiger partial charge >= 0.3 is 6.18 Å². The SMILES string of the molecule is CC1(C)CCCCC1NCC(=O)NCC(F)(F)F. The predicted molar refractivity (Wildman–Crippen MR) is 63.1 cm³/mol. The van der Waals surface area contributed by atoms with E-state index < -0.39 is 18.6 Å². The average molecular weight is 266 g/mol. The van der Waals surface area contributed by atoms with Gasteiger partial charge < -0.3 is 10.6 Å². The number of amides is 1. The first-order chi connectivity index (χ1) is 8.21. The molecule has 1 unspecified atom stereocenters. The molecule has 6 heteroatoms. The lowest BCUT2D eigenvalue weighted by Gasteiger charge is -2.39. The molecule has 2 N–H and O–H groups in total. The van der Waals surface area contributed by atoms with Crippen LogP contribution in [0.1, 0.15) is 39.5 Å². The molecule has 1 atom stereocenters. The van der Waals surface area contributed by atoms with Gasteiger partial charge in [0.1, 0.15) is 6.54 Å². The van der Waals surface area contributed by atoms with Crippen molar-refractivity contribution in [3.05, 3.63) is 0 Å². The number of alkyl halides is 3. The summed E-state index contributed by atoms with van der Waals surface area (Å²) in [5, 5.41) is 4.93. The van der Waals surface area contributed by atoms with E-state index in [2.05, 4.69) is 19.2 Å². The van der Waals surface area contributed by atoms with Crippen LogP contribution in [0.15, 0.2) is 0 Å². The summed E-state index contributed by atoms with van der Waals surface area (Å²) in [5.74, 6) is -0.603. The predicted octanol–water partition coefficient (Wildman–Crippen LogP) is 2.22. The quantitative estimate of drug-likeness (QED) is 0.819. The van der Waals surface area contributed by atoms with Crippen LogP contribution in [0, 0.1) is 5.41 Å². The molecule has 0 aromatic heterocycles. The minimum Gasteiger partial charge on any atom is -0.346 e. The molecule has 0 bridgehead atoms. The third-order valence-electron chi connectivity index (χ3n) is 3.50. The van der Waals surface area contributed by atoms with E-state index in [0.29, 0.717) is 0 Å². The first-order valence-corrected chi connectivity index (χ1v) is 6.27. The fraction of sp³-hybridized carbons (Fsp3) is 0.917. The fourth-order valence-corrected chi connectivity index (χ4v) is 2.35. The Morgan fingerprint density at radius 3 is 2.56 bits per heavy atom. The second-order valence-electron chi connectivity index (χ2n) is 5.56. The molecule has 1 rings (SSSR count). The summed E-state index contributed by atoms with van der Waals surface area (Å²) in [5.41, 5.74) is 0.0998. The van der Waals surface area contributed by atoms with Crippen LogP contribution in [0.25, 0.3) is 0 Å². The molecule has 1 saturated carbocycles. The van der Waals surface area contributed by atoms with E-state index in [4.69, 9.17) is 0 Å². The summed E-state index contributed by atoms with van der Waals surface area (Å²) in [6.45, 7) is 2.93. The van der Waals surface area contributed by atoms with Crippen LogP contribution in [0.4, 0.5) is 13.2 Å². The van der Waals surface area contributed by atoms with Crippen molar-refractivity contribution in [3.63, 3.8) is 0 Å². The summed E-state index contributed by atoms with van der Waals surface area (Å²) < 4.78 is 35.7. The minimum atomic E-state index is -4.35. The van der Waals surface area contributed by atoms with E-state index in [1.54, 1.807) is 0 Å². The fourth-order valence-electron chi connectivity index (χ4n) is 2.35. The van der Waals surface area contributed by atoms with Crippen molar-refractivity contribution < 1.29 is 18.0 Å². The van der Waals surface area contributed by atoms with Crippen molar-refractivity contribution in [1.29, 1.82) is 0 Å². The number of carbonyl (C=O) groups excluding carboxylic acids is 1. The van der Waals surface area contributed by atoms with Gasteiger partial charge in [-0.2, -0.15) is 13.2 Å². The molecule has 18 heavy (non-hydrogen) atoms. The van der Waals surface area contributed by atoms with Gasteiger partial charge in [0, 0.05) is 6.04 Å². The second-order valence-corrected chi connectivity index (χ2v) is 5.56. The summed E-state index contributed by atoms with van der Waals surface area (Å²) in [7, 11) is 0. The molecule has 0 radical (unpaired) electrons. The molecule has 1 aliphatic rings. The van der Waals surface area contributed by atoms with Crippen molar-refractivity contribution in [1.82, 2.24) is 10.6 Å².